The van der Waals surface area contributed by atoms with Crippen molar-refractivity contribution in [3.8, 4) is 12.3 Å². The Kier molecular flexibility index (Phi) is 1.67. The Morgan fingerprint density at radius 1 is 1.75 bits per heavy atom. The molecule has 60 valence electrons. The predicted octanol–water partition coefficient (Wildman–Crippen LogP) is -1.64. The van der Waals surface area contributed by atoms with Gasteiger partial charge in [0, 0.05) is 0 Å². The fourth-order valence-corrected chi connectivity index (χ4v) is 0.819. The van der Waals surface area contributed by atoms with Crippen molar-refractivity contribution in [2.75, 3.05) is 0 Å². The van der Waals surface area contributed by atoms with E-state index in [-0.39, 0.29) is 17.1 Å². The van der Waals surface area contributed by atoms with Crippen LogP contribution in [-0.2, 0) is 4.79 Å². The molecule has 0 aromatic rings. The second-order valence-corrected chi connectivity index (χ2v) is 2.12. The third-order valence-electron chi connectivity index (χ3n) is 1.37. The highest BCUT2D eigenvalue weighted by atomic mass is 16.1. The lowest BCUT2D eigenvalue weighted by Crippen LogP contribution is -2.22. The molecule has 0 aromatic heterocycles. The van der Waals surface area contributed by atoms with Gasteiger partial charge in [-0.1, -0.05) is 5.10 Å². The molecular weight excluding hydrogens is 156 g/mol. The maximum Gasteiger partial charge on any atom is 0.313 e. The highest BCUT2D eigenvalue weighted by molar-refractivity contribution is 6.28. The van der Waals surface area contributed by atoms with Crippen LogP contribution in [0.25, 0.3) is 0 Å². The monoisotopic (exact) mass is 163 g/mol. The lowest BCUT2D eigenvalue weighted by Gasteiger charge is -1.89. The fourth-order valence-electron chi connectivity index (χ4n) is 0.819. The van der Waals surface area contributed by atoms with Crippen molar-refractivity contribution in [1.82, 2.24) is 0 Å². The Hall–Kier alpha value is -2.09. The van der Waals surface area contributed by atoms with Gasteiger partial charge in [0.2, 0.25) is 0 Å². The van der Waals surface area contributed by atoms with Gasteiger partial charge < -0.3 is 5.73 Å². The average molecular weight is 163 g/mol. The lowest BCUT2D eigenvalue weighted by molar-refractivity contribution is -0.470. The quantitative estimate of drug-likeness (QED) is 0.359. The molecule has 1 aliphatic heterocycles. The standard InChI is InChI=1S/C7H6N4O/c1-3-4-5(7(9)12)6(8)11(2)10-4/h1H,2H2,(H3-,8,9,10,12)/p+1. The van der Waals surface area contributed by atoms with Crippen LogP contribution in [0.2, 0.25) is 0 Å². The highest BCUT2D eigenvalue weighted by Gasteiger charge is 2.29. The Morgan fingerprint density at radius 2 is 2.33 bits per heavy atom. The topological polar surface area (TPSA) is 84.5 Å². The van der Waals surface area contributed by atoms with E-state index in [0.717, 1.165) is 4.68 Å². The van der Waals surface area contributed by atoms with Crippen molar-refractivity contribution < 1.29 is 9.48 Å². The third kappa shape index (κ3) is 0.953. The first-order chi connectivity index (χ1) is 5.57. The van der Waals surface area contributed by atoms with Crippen LogP contribution in [0.15, 0.2) is 16.5 Å². The van der Waals surface area contributed by atoms with Crippen LogP contribution in [-0.4, -0.2) is 23.0 Å². The molecule has 5 heteroatoms. The SMILES string of the molecule is C#CC1=N[N+](=C)C(N)=C1C(N)=O. The van der Waals surface area contributed by atoms with E-state index in [4.69, 9.17) is 17.9 Å². The number of carbonyl (C=O) groups excluding carboxylic acids is 1. The van der Waals surface area contributed by atoms with Crippen LogP contribution in [0.1, 0.15) is 0 Å². The number of nitrogens with zero attached hydrogens (tertiary/aromatic N) is 2. The zero-order chi connectivity index (χ0) is 9.30. The second-order valence-electron chi connectivity index (χ2n) is 2.12. The molecule has 0 bridgehead atoms. The molecule has 0 aromatic carbocycles. The van der Waals surface area contributed by atoms with Gasteiger partial charge in [0.1, 0.15) is 0 Å². The molecule has 0 unspecified atom stereocenters. The van der Waals surface area contributed by atoms with Gasteiger partial charge in [-0.3, -0.25) is 10.5 Å². The van der Waals surface area contributed by atoms with Crippen LogP contribution in [0.3, 0.4) is 0 Å². The molecule has 0 aliphatic carbocycles. The highest BCUT2D eigenvalue weighted by Crippen LogP contribution is 2.10. The minimum absolute atomic E-state index is 0.0486. The van der Waals surface area contributed by atoms with Gasteiger partial charge in [0.25, 0.3) is 5.91 Å². The summed E-state index contributed by atoms with van der Waals surface area (Å²) in [6.45, 7) is 3.41. The number of carbonyl (C=O) groups is 1. The summed E-state index contributed by atoms with van der Waals surface area (Å²) in [5, 5.41) is 3.69. The van der Waals surface area contributed by atoms with Crippen molar-refractivity contribution in [3.05, 3.63) is 11.4 Å². The summed E-state index contributed by atoms with van der Waals surface area (Å²) in [6, 6.07) is 0. The van der Waals surface area contributed by atoms with Crippen LogP contribution in [0, 0.1) is 12.3 Å². The van der Waals surface area contributed by atoms with E-state index in [1.807, 2.05) is 0 Å². The van der Waals surface area contributed by atoms with Crippen molar-refractivity contribution in [2.45, 2.75) is 0 Å². The van der Waals surface area contributed by atoms with Gasteiger partial charge in [-0.05, 0) is 5.92 Å². The molecule has 1 rings (SSSR count). The maximum absolute atomic E-state index is 10.8. The molecule has 1 amide bonds. The third-order valence-corrected chi connectivity index (χ3v) is 1.37. The number of hydrogen-bond acceptors (Lipinski definition) is 3. The first kappa shape index (κ1) is 8.01. The molecule has 0 spiro atoms. The van der Waals surface area contributed by atoms with Gasteiger partial charge >= 0.3 is 5.82 Å². The van der Waals surface area contributed by atoms with Gasteiger partial charge in [-0.2, -0.15) is 0 Å². The zero-order valence-electron chi connectivity index (χ0n) is 6.24. The van der Waals surface area contributed by atoms with Crippen molar-refractivity contribution in [1.29, 1.82) is 0 Å². The Morgan fingerprint density at radius 3 is 2.67 bits per heavy atom. The molecule has 5 nitrogen and oxygen atoms in total. The number of hydrogen-bond donors (Lipinski definition) is 2. The van der Waals surface area contributed by atoms with Crippen LogP contribution >= 0.6 is 0 Å². The van der Waals surface area contributed by atoms with E-state index in [2.05, 4.69) is 17.7 Å². The summed E-state index contributed by atoms with van der Waals surface area (Å²) in [6.07, 6.45) is 5.05. The summed E-state index contributed by atoms with van der Waals surface area (Å²) in [5.74, 6) is 1.57. The van der Waals surface area contributed by atoms with Crippen molar-refractivity contribution >= 4 is 18.3 Å². The molecule has 1 aliphatic rings. The number of hydrazone groups is 1. The first-order valence-corrected chi connectivity index (χ1v) is 3.03. The van der Waals surface area contributed by atoms with Gasteiger partial charge in [0.15, 0.2) is 11.3 Å². The maximum atomic E-state index is 10.8. The van der Waals surface area contributed by atoms with Crippen LogP contribution < -0.4 is 11.5 Å². The number of amides is 1. The largest absolute Gasteiger partial charge is 0.365 e. The molecule has 12 heavy (non-hydrogen) atoms. The lowest BCUT2D eigenvalue weighted by atomic mass is 10.1. The Bertz CT molecular complexity index is 369. The summed E-state index contributed by atoms with van der Waals surface area (Å²) >= 11 is 0. The van der Waals surface area contributed by atoms with E-state index < -0.39 is 5.91 Å². The van der Waals surface area contributed by atoms with Crippen molar-refractivity contribution in [2.24, 2.45) is 16.6 Å². The molecule has 0 radical (unpaired) electrons. The van der Waals surface area contributed by atoms with E-state index in [1.165, 1.54) is 0 Å². The molecule has 0 atom stereocenters. The van der Waals surface area contributed by atoms with Crippen LogP contribution in [0.4, 0.5) is 0 Å². The number of primary amides is 1. The molecular formula is C7H7N4O+. The summed E-state index contributed by atoms with van der Waals surface area (Å²) in [5.41, 5.74) is 10.6. The predicted molar refractivity (Wildman–Crippen MR) is 44.1 cm³/mol. The van der Waals surface area contributed by atoms with Crippen LogP contribution in [0.5, 0.6) is 0 Å². The minimum atomic E-state index is -0.699. The smallest absolute Gasteiger partial charge is 0.313 e. The number of terminal acetylenes is 1. The summed E-state index contributed by atoms with van der Waals surface area (Å²) in [7, 11) is 0. The second kappa shape index (κ2) is 2.51. The van der Waals surface area contributed by atoms with Crippen molar-refractivity contribution in [3.63, 3.8) is 0 Å². The zero-order valence-corrected chi connectivity index (χ0v) is 6.24. The molecule has 0 saturated carbocycles. The van der Waals surface area contributed by atoms with E-state index in [0.29, 0.717) is 0 Å². The Labute approximate surface area is 69.0 Å². The van der Waals surface area contributed by atoms with E-state index in [1.54, 1.807) is 0 Å². The number of nitrogens with two attached hydrogens (primary N) is 2. The first-order valence-electron chi connectivity index (χ1n) is 3.03. The normalized spacial score (nSPS) is 15.9. The molecule has 1 heterocycles. The van der Waals surface area contributed by atoms with E-state index in [9.17, 15) is 4.79 Å². The average Bonchev–Trinajstić information content (AvgIpc) is 2.28. The van der Waals surface area contributed by atoms with E-state index >= 15 is 0 Å². The molecule has 4 N–H and O–H groups in total. The minimum Gasteiger partial charge on any atom is -0.365 e. The molecule has 0 fully saturated rings. The summed E-state index contributed by atoms with van der Waals surface area (Å²) in [4.78, 5) is 10.8. The van der Waals surface area contributed by atoms with Gasteiger partial charge in [0.05, 0.1) is 6.72 Å². The van der Waals surface area contributed by atoms with Gasteiger partial charge in [-0.15, -0.1) is 11.1 Å². The van der Waals surface area contributed by atoms with Gasteiger partial charge in [-0.25, -0.2) is 0 Å². The molecule has 0 saturated heterocycles. The summed E-state index contributed by atoms with van der Waals surface area (Å²) < 4.78 is 1.06. The Balaban J connectivity index is 3.29. The fraction of sp³-hybridized carbons (Fsp3) is 0. The number of rotatable bonds is 1.